The Hall–Kier alpha value is -7.43. The molecule has 0 bridgehead atoms. The first-order chi connectivity index (χ1) is 27.3. The molecule has 0 fully saturated rings. The van der Waals surface area contributed by atoms with Crippen molar-refractivity contribution in [1.29, 1.82) is 0 Å². The fourth-order valence-corrected chi connectivity index (χ4v) is 7.54. The van der Waals surface area contributed by atoms with Crippen LogP contribution < -0.4 is 0 Å². The van der Waals surface area contributed by atoms with Gasteiger partial charge in [0.15, 0.2) is 5.82 Å². The molecule has 258 valence electrons. The summed E-state index contributed by atoms with van der Waals surface area (Å²) in [6, 6.07) is 72.0. The lowest BCUT2D eigenvalue weighted by atomic mass is 9.94. The average Bonchev–Trinajstić information content (AvgIpc) is 3.69. The van der Waals surface area contributed by atoms with Gasteiger partial charge in [-0.1, -0.05) is 182 Å². The summed E-state index contributed by atoms with van der Waals surface area (Å²) < 4.78 is 2.15. The van der Waals surface area contributed by atoms with E-state index < -0.39 is 0 Å². The van der Waals surface area contributed by atoms with Gasteiger partial charge in [-0.05, 0) is 46.3 Å². The molecule has 0 saturated heterocycles. The molecule has 7 aromatic carbocycles. The second-order valence-corrected chi connectivity index (χ2v) is 13.7. The summed E-state index contributed by atoms with van der Waals surface area (Å²) in [7, 11) is 0. The minimum Gasteiger partial charge on any atom is -0.231 e. The Kier molecular flexibility index (Phi) is 8.12. The molecule has 3 heterocycles. The van der Waals surface area contributed by atoms with Crippen LogP contribution in [0.4, 0.5) is 0 Å². The summed E-state index contributed by atoms with van der Waals surface area (Å²) in [6.45, 7) is 0. The first kappa shape index (κ1) is 32.2. The van der Waals surface area contributed by atoms with Crippen molar-refractivity contribution < 1.29 is 0 Å². The van der Waals surface area contributed by atoms with Gasteiger partial charge in [0, 0.05) is 38.8 Å². The highest BCUT2D eigenvalue weighted by Gasteiger charge is 2.22. The largest absolute Gasteiger partial charge is 0.231 e. The Balaban J connectivity index is 1.19. The van der Waals surface area contributed by atoms with Gasteiger partial charge in [0.25, 0.3) is 0 Å². The van der Waals surface area contributed by atoms with Crippen LogP contribution in [0.1, 0.15) is 0 Å². The third-order valence-corrected chi connectivity index (χ3v) is 10.2. The lowest BCUT2D eigenvalue weighted by molar-refractivity contribution is 0.979. The Bertz CT molecular complexity index is 2880. The molecule has 10 rings (SSSR count). The molecule has 0 atom stereocenters. The summed E-state index contributed by atoms with van der Waals surface area (Å²) in [5.74, 6) is 0.687. The van der Waals surface area contributed by atoms with Crippen molar-refractivity contribution in [2.45, 2.75) is 0 Å². The van der Waals surface area contributed by atoms with Gasteiger partial charge < -0.3 is 0 Å². The van der Waals surface area contributed by atoms with E-state index in [-0.39, 0.29) is 0 Å². The van der Waals surface area contributed by atoms with Crippen LogP contribution in [-0.2, 0) is 0 Å². The summed E-state index contributed by atoms with van der Waals surface area (Å²) in [5, 5.41) is 7.69. The zero-order chi connectivity index (χ0) is 36.6. The molecule has 0 saturated carbocycles. The van der Waals surface area contributed by atoms with E-state index in [1.54, 1.807) is 0 Å². The SMILES string of the molecule is c1ccc(-c2cc(-c3ccccc3)nc(-c3cccc(-c4ccc5cc(-c6ccccc6)n6nc(-c7ccccc7)c(-c7ccccc7)c6c5c4)c3)n2)cc1. The van der Waals surface area contributed by atoms with E-state index in [2.05, 4.69) is 174 Å². The maximum atomic E-state index is 5.41. The normalized spacial score (nSPS) is 11.3. The number of rotatable bonds is 7. The van der Waals surface area contributed by atoms with Crippen molar-refractivity contribution >= 4 is 16.3 Å². The fraction of sp³-hybridized carbons (Fsp3) is 0. The maximum Gasteiger partial charge on any atom is 0.160 e. The molecule has 10 aromatic rings. The quantitative estimate of drug-likeness (QED) is 0.166. The average molecular weight is 703 g/mol. The van der Waals surface area contributed by atoms with Crippen LogP contribution in [0.25, 0.3) is 95.0 Å². The highest BCUT2D eigenvalue weighted by atomic mass is 15.2. The predicted octanol–water partition coefficient (Wildman–Crippen LogP) is 12.9. The molecule has 0 aliphatic heterocycles. The number of benzene rings is 7. The van der Waals surface area contributed by atoms with E-state index in [0.717, 1.165) is 89.1 Å². The molecule has 0 N–H and O–H groups in total. The molecule has 0 amide bonds. The Morgan fingerprint density at radius 2 is 0.836 bits per heavy atom. The van der Waals surface area contributed by atoms with Crippen LogP contribution in [0.3, 0.4) is 0 Å². The topological polar surface area (TPSA) is 43.1 Å². The molecule has 55 heavy (non-hydrogen) atoms. The predicted molar refractivity (Wildman–Crippen MR) is 226 cm³/mol. The van der Waals surface area contributed by atoms with E-state index in [1.165, 1.54) is 0 Å². The molecule has 0 unspecified atom stereocenters. The van der Waals surface area contributed by atoms with Crippen LogP contribution in [0.15, 0.2) is 206 Å². The highest BCUT2D eigenvalue weighted by Crippen LogP contribution is 2.42. The van der Waals surface area contributed by atoms with Gasteiger partial charge in [-0.25, -0.2) is 14.5 Å². The monoisotopic (exact) mass is 702 g/mol. The van der Waals surface area contributed by atoms with Crippen molar-refractivity contribution in [1.82, 2.24) is 19.6 Å². The molecule has 0 spiro atoms. The minimum atomic E-state index is 0.687. The number of aromatic nitrogens is 4. The number of fused-ring (bicyclic) bond motifs is 3. The zero-order valence-corrected chi connectivity index (χ0v) is 29.9. The first-order valence-electron chi connectivity index (χ1n) is 18.5. The Labute approximate surface area is 319 Å². The van der Waals surface area contributed by atoms with Gasteiger partial charge in [-0.15, -0.1) is 0 Å². The highest BCUT2D eigenvalue weighted by molar-refractivity contribution is 6.09. The third-order valence-electron chi connectivity index (χ3n) is 10.2. The number of hydrogen-bond acceptors (Lipinski definition) is 3. The maximum absolute atomic E-state index is 5.41. The van der Waals surface area contributed by atoms with Crippen molar-refractivity contribution in [2.75, 3.05) is 0 Å². The lowest BCUT2D eigenvalue weighted by Gasteiger charge is -2.13. The van der Waals surface area contributed by atoms with Crippen LogP contribution in [0.2, 0.25) is 0 Å². The summed E-state index contributed by atoms with van der Waals surface area (Å²) in [6.07, 6.45) is 0. The second-order valence-electron chi connectivity index (χ2n) is 13.7. The number of hydrogen-bond donors (Lipinski definition) is 0. The molecule has 0 aliphatic rings. The number of pyridine rings is 1. The fourth-order valence-electron chi connectivity index (χ4n) is 7.54. The molecular formula is C51H34N4. The Morgan fingerprint density at radius 3 is 1.44 bits per heavy atom. The smallest absolute Gasteiger partial charge is 0.160 e. The standard InChI is InChI=1S/C51H34N4/c1-6-17-35(18-7-1)45-34-46(36-19-8-2-9-20-36)53-51(52-45)43-28-16-27-40(31-43)41-29-30-42-33-47(37-21-10-3-11-22-37)55-50(44(42)32-41)48(38-23-12-4-13-24-38)49(54-55)39-25-14-5-15-26-39/h1-34H. The van der Waals surface area contributed by atoms with Crippen LogP contribution in [0, 0.1) is 0 Å². The van der Waals surface area contributed by atoms with E-state index in [0.29, 0.717) is 5.82 Å². The molecule has 0 radical (unpaired) electrons. The lowest BCUT2D eigenvalue weighted by Crippen LogP contribution is -1.96. The van der Waals surface area contributed by atoms with Crippen molar-refractivity contribution in [3.63, 3.8) is 0 Å². The van der Waals surface area contributed by atoms with Crippen molar-refractivity contribution in [2.24, 2.45) is 0 Å². The van der Waals surface area contributed by atoms with Crippen molar-refractivity contribution in [3.05, 3.63) is 206 Å². The van der Waals surface area contributed by atoms with E-state index in [9.17, 15) is 0 Å². The van der Waals surface area contributed by atoms with Crippen LogP contribution >= 0.6 is 0 Å². The second kappa shape index (κ2) is 13.8. The Morgan fingerprint density at radius 1 is 0.345 bits per heavy atom. The summed E-state index contributed by atoms with van der Waals surface area (Å²) in [5.41, 5.74) is 14.5. The van der Waals surface area contributed by atoms with Crippen molar-refractivity contribution in [3.8, 4) is 78.7 Å². The van der Waals surface area contributed by atoms with Crippen LogP contribution in [0.5, 0.6) is 0 Å². The van der Waals surface area contributed by atoms with Gasteiger partial charge in [-0.3, -0.25) is 0 Å². The van der Waals surface area contributed by atoms with E-state index in [4.69, 9.17) is 15.1 Å². The molecule has 4 nitrogen and oxygen atoms in total. The zero-order valence-electron chi connectivity index (χ0n) is 29.9. The minimum absolute atomic E-state index is 0.687. The molecule has 0 aliphatic carbocycles. The molecular weight excluding hydrogens is 669 g/mol. The molecule has 4 heteroatoms. The third kappa shape index (κ3) is 6.06. The number of nitrogens with zero attached hydrogens (tertiary/aromatic N) is 4. The van der Waals surface area contributed by atoms with Gasteiger partial charge in [0.2, 0.25) is 0 Å². The van der Waals surface area contributed by atoms with E-state index >= 15 is 0 Å². The first-order valence-corrected chi connectivity index (χ1v) is 18.5. The summed E-state index contributed by atoms with van der Waals surface area (Å²) in [4.78, 5) is 10.2. The van der Waals surface area contributed by atoms with Gasteiger partial charge in [-0.2, -0.15) is 5.10 Å². The summed E-state index contributed by atoms with van der Waals surface area (Å²) >= 11 is 0. The van der Waals surface area contributed by atoms with E-state index in [1.807, 2.05) is 36.4 Å². The van der Waals surface area contributed by atoms with Gasteiger partial charge in [0.1, 0.15) is 5.69 Å². The van der Waals surface area contributed by atoms with Gasteiger partial charge >= 0.3 is 0 Å². The van der Waals surface area contributed by atoms with Crippen LogP contribution in [-0.4, -0.2) is 19.6 Å². The van der Waals surface area contributed by atoms with Gasteiger partial charge in [0.05, 0.1) is 22.6 Å². The molecule has 3 aromatic heterocycles.